The fourth-order valence-corrected chi connectivity index (χ4v) is 2.56. The molecule has 0 radical (unpaired) electrons. The summed E-state index contributed by atoms with van der Waals surface area (Å²) in [6.45, 7) is 4.38. The topological polar surface area (TPSA) is 46.2 Å². The van der Waals surface area contributed by atoms with E-state index >= 15 is 0 Å². The number of hydrogen-bond donors (Lipinski definition) is 1. The summed E-state index contributed by atoms with van der Waals surface area (Å²) in [4.78, 5) is 0. The third-order valence-corrected chi connectivity index (χ3v) is 4.59. The van der Waals surface area contributed by atoms with Crippen LogP contribution in [0.5, 0.6) is 0 Å². The lowest BCUT2D eigenvalue weighted by Gasteiger charge is -2.15. The van der Waals surface area contributed by atoms with Crippen molar-refractivity contribution >= 4 is 21.6 Å². The van der Waals surface area contributed by atoms with E-state index in [9.17, 15) is 8.42 Å². The summed E-state index contributed by atoms with van der Waals surface area (Å²) < 4.78 is 22.4. The van der Waals surface area contributed by atoms with Gasteiger partial charge in [0.25, 0.3) is 0 Å². The Bertz CT molecular complexity index is 227. The molecule has 1 atom stereocenters. The highest BCUT2D eigenvalue weighted by molar-refractivity contribution is 7.98. The molecule has 0 rings (SSSR count). The zero-order chi connectivity index (χ0) is 11.0. The number of hydrogen-bond acceptors (Lipinski definition) is 4. The lowest BCUT2D eigenvalue weighted by Crippen LogP contribution is -2.34. The molecule has 0 amide bonds. The number of sulfone groups is 1. The van der Waals surface area contributed by atoms with Crippen LogP contribution in [0.3, 0.4) is 0 Å². The minimum absolute atomic E-state index is 0.244. The molecule has 0 aliphatic carbocycles. The Labute approximate surface area is 92.0 Å². The average molecular weight is 239 g/mol. The molecule has 1 N–H and O–H groups in total. The van der Waals surface area contributed by atoms with Crippen molar-refractivity contribution in [3.05, 3.63) is 0 Å². The zero-order valence-corrected chi connectivity index (χ0v) is 10.9. The van der Waals surface area contributed by atoms with Crippen LogP contribution < -0.4 is 5.32 Å². The minimum Gasteiger partial charge on any atom is -0.312 e. The Morgan fingerprint density at radius 1 is 1.36 bits per heavy atom. The predicted molar refractivity (Wildman–Crippen MR) is 64.8 cm³/mol. The van der Waals surface area contributed by atoms with Gasteiger partial charge in [0.1, 0.15) is 0 Å². The lowest BCUT2D eigenvalue weighted by atomic mass is 10.2. The molecule has 86 valence electrons. The van der Waals surface area contributed by atoms with Crippen LogP contribution in [0.4, 0.5) is 0 Å². The van der Waals surface area contributed by atoms with Crippen molar-refractivity contribution < 1.29 is 8.42 Å². The molecule has 5 heteroatoms. The van der Waals surface area contributed by atoms with Gasteiger partial charge in [-0.15, -0.1) is 0 Å². The predicted octanol–water partition coefficient (Wildman–Crippen LogP) is 1.15. The van der Waals surface area contributed by atoms with Crippen LogP contribution in [-0.4, -0.2) is 44.5 Å². The lowest BCUT2D eigenvalue weighted by molar-refractivity contribution is 0.551. The SMILES string of the molecule is CCC(CSC)NCCS(=O)(=O)CC. The molecule has 0 aromatic heterocycles. The van der Waals surface area contributed by atoms with E-state index in [0.29, 0.717) is 12.6 Å². The Morgan fingerprint density at radius 2 is 2.00 bits per heavy atom. The zero-order valence-electron chi connectivity index (χ0n) is 9.25. The average Bonchev–Trinajstić information content (AvgIpc) is 2.16. The van der Waals surface area contributed by atoms with Gasteiger partial charge in [0, 0.05) is 24.1 Å². The minimum atomic E-state index is -2.81. The first-order valence-electron chi connectivity index (χ1n) is 4.98. The van der Waals surface area contributed by atoms with Crippen LogP contribution in [0.1, 0.15) is 20.3 Å². The van der Waals surface area contributed by atoms with Crippen LogP contribution in [-0.2, 0) is 9.84 Å². The highest BCUT2D eigenvalue weighted by Crippen LogP contribution is 2.00. The fourth-order valence-electron chi connectivity index (χ4n) is 1.09. The second-order valence-electron chi connectivity index (χ2n) is 3.25. The molecule has 14 heavy (non-hydrogen) atoms. The summed E-state index contributed by atoms with van der Waals surface area (Å²) in [6, 6.07) is 0.442. The van der Waals surface area contributed by atoms with Crippen LogP contribution in [0, 0.1) is 0 Å². The molecule has 0 bridgehead atoms. The Balaban J connectivity index is 3.71. The van der Waals surface area contributed by atoms with Crippen molar-refractivity contribution in [3.63, 3.8) is 0 Å². The summed E-state index contributed by atoms with van der Waals surface area (Å²) in [5.41, 5.74) is 0. The maximum atomic E-state index is 11.2. The summed E-state index contributed by atoms with van der Waals surface area (Å²) in [6.07, 6.45) is 3.11. The van der Waals surface area contributed by atoms with Crippen molar-refractivity contribution in [2.24, 2.45) is 0 Å². The van der Waals surface area contributed by atoms with Crippen LogP contribution in [0.15, 0.2) is 0 Å². The van der Waals surface area contributed by atoms with Crippen molar-refractivity contribution in [1.29, 1.82) is 0 Å². The van der Waals surface area contributed by atoms with E-state index in [1.54, 1.807) is 18.7 Å². The second kappa shape index (κ2) is 7.54. The molecular weight excluding hydrogens is 218 g/mol. The first kappa shape index (κ1) is 14.3. The Hall–Kier alpha value is 0.260. The molecule has 0 saturated carbocycles. The summed E-state index contributed by atoms with van der Waals surface area (Å²) >= 11 is 1.79. The summed E-state index contributed by atoms with van der Waals surface area (Å²) in [5, 5.41) is 3.26. The van der Waals surface area contributed by atoms with Gasteiger partial charge in [-0.05, 0) is 12.7 Å². The van der Waals surface area contributed by atoms with Gasteiger partial charge in [-0.3, -0.25) is 0 Å². The van der Waals surface area contributed by atoms with E-state index in [2.05, 4.69) is 18.5 Å². The number of nitrogens with one attached hydrogen (secondary N) is 1. The highest BCUT2D eigenvalue weighted by atomic mass is 32.2. The molecule has 0 aliphatic heterocycles. The van der Waals surface area contributed by atoms with Crippen LogP contribution in [0.25, 0.3) is 0 Å². The van der Waals surface area contributed by atoms with Crippen molar-refractivity contribution in [2.75, 3.05) is 30.1 Å². The monoisotopic (exact) mass is 239 g/mol. The van der Waals surface area contributed by atoms with Gasteiger partial charge in [0.05, 0.1) is 5.75 Å². The van der Waals surface area contributed by atoms with E-state index < -0.39 is 9.84 Å². The van der Waals surface area contributed by atoms with Gasteiger partial charge in [0.2, 0.25) is 0 Å². The first-order chi connectivity index (χ1) is 6.55. The van der Waals surface area contributed by atoms with E-state index in [1.165, 1.54) is 0 Å². The van der Waals surface area contributed by atoms with Crippen LogP contribution in [0.2, 0.25) is 0 Å². The molecule has 0 aromatic rings. The quantitative estimate of drug-likeness (QED) is 0.690. The molecule has 0 saturated heterocycles. The second-order valence-corrected chi connectivity index (χ2v) is 6.63. The highest BCUT2D eigenvalue weighted by Gasteiger charge is 2.09. The van der Waals surface area contributed by atoms with E-state index in [4.69, 9.17) is 0 Å². The normalized spacial score (nSPS) is 14.2. The maximum absolute atomic E-state index is 11.2. The van der Waals surface area contributed by atoms with Gasteiger partial charge >= 0.3 is 0 Å². The molecular formula is C9H21NO2S2. The van der Waals surface area contributed by atoms with Gasteiger partial charge < -0.3 is 5.32 Å². The van der Waals surface area contributed by atoms with Gasteiger partial charge in [-0.2, -0.15) is 11.8 Å². The van der Waals surface area contributed by atoms with Gasteiger partial charge in [-0.1, -0.05) is 13.8 Å². The van der Waals surface area contributed by atoms with Crippen molar-refractivity contribution in [2.45, 2.75) is 26.3 Å². The molecule has 1 unspecified atom stereocenters. The molecule has 0 aliphatic rings. The first-order valence-corrected chi connectivity index (χ1v) is 8.20. The van der Waals surface area contributed by atoms with E-state index in [-0.39, 0.29) is 11.5 Å². The van der Waals surface area contributed by atoms with E-state index in [1.807, 2.05) is 0 Å². The summed E-state index contributed by atoms with van der Waals surface area (Å²) in [5.74, 6) is 1.55. The third-order valence-electron chi connectivity index (χ3n) is 2.15. The van der Waals surface area contributed by atoms with Crippen LogP contribution >= 0.6 is 11.8 Å². The molecule has 0 aromatic carbocycles. The number of thioether (sulfide) groups is 1. The standard InChI is InChI=1S/C9H21NO2S2/c1-4-9(8-13-3)10-6-7-14(11,12)5-2/h9-10H,4-8H2,1-3H3. The molecule has 0 heterocycles. The Kier molecular flexibility index (Phi) is 7.68. The fraction of sp³-hybridized carbons (Fsp3) is 1.00. The van der Waals surface area contributed by atoms with Crippen molar-refractivity contribution in [3.8, 4) is 0 Å². The number of rotatable bonds is 8. The molecule has 0 fully saturated rings. The largest absolute Gasteiger partial charge is 0.312 e. The third kappa shape index (κ3) is 6.68. The molecule has 0 spiro atoms. The van der Waals surface area contributed by atoms with Gasteiger partial charge in [0.15, 0.2) is 9.84 Å². The van der Waals surface area contributed by atoms with Gasteiger partial charge in [-0.25, -0.2) is 8.42 Å². The van der Waals surface area contributed by atoms with Crippen molar-refractivity contribution in [1.82, 2.24) is 5.32 Å². The van der Waals surface area contributed by atoms with E-state index in [0.717, 1.165) is 12.2 Å². The smallest absolute Gasteiger partial charge is 0.151 e. The summed E-state index contributed by atoms with van der Waals surface area (Å²) in [7, 11) is -2.81. The molecule has 3 nitrogen and oxygen atoms in total. The Morgan fingerprint density at radius 3 is 2.43 bits per heavy atom. The maximum Gasteiger partial charge on any atom is 0.151 e.